The molecule has 0 spiro atoms. The lowest BCUT2D eigenvalue weighted by Gasteiger charge is -2.21. The van der Waals surface area contributed by atoms with Gasteiger partial charge in [0.1, 0.15) is 17.1 Å². The van der Waals surface area contributed by atoms with E-state index in [0.29, 0.717) is 21.8 Å². The largest absolute Gasteiger partial charge is 0.502 e. The quantitative estimate of drug-likeness (QED) is 0.155. The number of hydrogen-bond acceptors (Lipinski definition) is 6. The molecule has 0 saturated carbocycles. The van der Waals surface area contributed by atoms with Crippen LogP contribution in [0.4, 0.5) is 5.69 Å². The van der Waals surface area contributed by atoms with E-state index in [1.807, 2.05) is 0 Å². The summed E-state index contributed by atoms with van der Waals surface area (Å²) in [6, 6.07) is 15.8. The molecule has 37 heavy (non-hydrogen) atoms. The topological polar surface area (TPSA) is 179 Å². The molecule has 2 aromatic heterocycles. The van der Waals surface area contributed by atoms with Gasteiger partial charge in [-0.1, -0.05) is 36.4 Å². The predicted octanol–water partition coefficient (Wildman–Crippen LogP) is 4.85. The van der Waals surface area contributed by atoms with E-state index in [4.69, 9.17) is 4.74 Å². The molecule has 5 aromatic rings. The zero-order chi connectivity index (χ0) is 26.4. The normalized spacial score (nSPS) is 11.3. The van der Waals surface area contributed by atoms with Crippen LogP contribution in [-0.4, -0.2) is 49.3 Å². The third kappa shape index (κ3) is 3.69. The molecular weight excluding hydrogens is 482 g/mol. The number of para-hydroxylation sites is 2. The number of hydrogen-bond donors (Lipinski definition) is 5. The number of nitro benzene ring substituents is 1. The fourth-order valence-electron chi connectivity index (χ4n) is 4.81. The highest BCUT2D eigenvalue weighted by atomic mass is 16.6. The van der Waals surface area contributed by atoms with Gasteiger partial charge < -0.3 is 30.0 Å². The van der Waals surface area contributed by atoms with Crippen LogP contribution in [0.3, 0.4) is 0 Å². The van der Waals surface area contributed by atoms with E-state index in [2.05, 4.69) is 9.97 Å². The number of fused-ring (bicyclic) bond motifs is 2. The van der Waals surface area contributed by atoms with Crippen LogP contribution in [0.5, 0.6) is 11.5 Å². The number of benzene rings is 3. The Morgan fingerprint density at radius 1 is 0.892 bits per heavy atom. The number of carbonyl (C=O) groups is 2. The third-order valence-corrected chi connectivity index (χ3v) is 6.33. The minimum Gasteiger partial charge on any atom is -0.502 e. The number of aromatic nitrogens is 2. The van der Waals surface area contributed by atoms with Crippen molar-refractivity contribution in [3.8, 4) is 11.5 Å². The highest BCUT2D eigenvalue weighted by Gasteiger charge is 2.36. The molecule has 5 rings (SSSR count). The van der Waals surface area contributed by atoms with E-state index in [1.54, 1.807) is 48.5 Å². The number of methoxy groups -OCH3 is 1. The first-order chi connectivity index (χ1) is 17.7. The maximum atomic E-state index is 12.4. The summed E-state index contributed by atoms with van der Waals surface area (Å²) >= 11 is 0. The number of nitrogens with one attached hydrogen (secondary N) is 2. The number of aromatic amines is 2. The predicted molar refractivity (Wildman–Crippen MR) is 133 cm³/mol. The smallest absolute Gasteiger partial charge is 0.352 e. The molecule has 11 nitrogen and oxygen atoms in total. The molecule has 0 aliphatic heterocycles. The van der Waals surface area contributed by atoms with Gasteiger partial charge >= 0.3 is 17.6 Å². The molecule has 0 atom stereocenters. The van der Waals surface area contributed by atoms with Crippen molar-refractivity contribution in [3.63, 3.8) is 0 Å². The summed E-state index contributed by atoms with van der Waals surface area (Å²) in [5.41, 5.74) is -0.0999. The number of nitro groups is 1. The number of carboxylic acids is 2. The average molecular weight is 501 g/mol. The van der Waals surface area contributed by atoms with Crippen molar-refractivity contribution in [2.75, 3.05) is 7.11 Å². The summed E-state index contributed by atoms with van der Waals surface area (Å²) < 4.78 is 5.25. The number of rotatable bonds is 7. The van der Waals surface area contributed by atoms with Crippen molar-refractivity contribution >= 4 is 39.4 Å². The molecule has 0 fully saturated rings. The summed E-state index contributed by atoms with van der Waals surface area (Å²) in [5, 5.41) is 44.1. The third-order valence-electron chi connectivity index (χ3n) is 6.33. The number of ether oxygens (including phenoxy) is 1. The van der Waals surface area contributed by atoms with Gasteiger partial charge in [0.2, 0.25) is 0 Å². The van der Waals surface area contributed by atoms with Crippen LogP contribution in [-0.2, 0) is 0 Å². The SMILES string of the molecule is COc1cc(C(c2c(C(=O)O)[nH]c3ccccc23)c2c(C(=O)O)[nH]c3ccccc23)c(O)c([N+](=O)[O-])c1. The van der Waals surface area contributed by atoms with Crippen molar-refractivity contribution < 1.29 is 34.6 Å². The monoisotopic (exact) mass is 501 g/mol. The lowest BCUT2D eigenvalue weighted by atomic mass is 9.81. The first-order valence-electron chi connectivity index (χ1n) is 11.0. The number of aromatic hydroxyl groups is 1. The van der Waals surface area contributed by atoms with Crippen LogP contribution in [0.15, 0.2) is 60.7 Å². The fraction of sp³-hybridized carbons (Fsp3) is 0.0769. The van der Waals surface area contributed by atoms with Crippen LogP contribution in [0.2, 0.25) is 0 Å². The zero-order valence-corrected chi connectivity index (χ0v) is 19.2. The summed E-state index contributed by atoms with van der Waals surface area (Å²) in [4.78, 5) is 41.5. The highest BCUT2D eigenvalue weighted by Crippen LogP contribution is 2.48. The maximum absolute atomic E-state index is 12.4. The summed E-state index contributed by atoms with van der Waals surface area (Å²) in [7, 11) is 1.29. The maximum Gasteiger partial charge on any atom is 0.352 e. The van der Waals surface area contributed by atoms with Crippen LogP contribution in [0, 0.1) is 10.1 Å². The molecule has 0 radical (unpaired) electrons. The zero-order valence-electron chi connectivity index (χ0n) is 19.2. The molecule has 2 heterocycles. The van der Waals surface area contributed by atoms with Gasteiger partial charge in [0.15, 0.2) is 5.75 Å². The highest BCUT2D eigenvalue weighted by molar-refractivity contribution is 6.02. The van der Waals surface area contributed by atoms with Crippen molar-refractivity contribution in [2.24, 2.45) is 0 Å². The molecule has 0 saturated heterocycles. The average Bonchev–Trinajstić information content (AvgIpc) is 3.45. The first-order valence-corrected chi connectivity index (χ1v) is 11.0. The van der Waals surface area contributed by atoms with Crippen LogP contribution < -0.4 is 4.74 Å². The number of nitrogens with zero attached hydrogens (tertiary/aromatic N) is 1. The number of aromatic carboxylic acids is 2. The summed E-state index contributed by atoms with van der Waals surface area (Å²) in [5.74, 6) is -4.63. The molecule has 186 valence electrons. The summed E-state index contributed by atoms with van der Waals surface area (Å²) in [6.07, 6.45) is 0. The Morgan fingerprint density at radius 3 is 1.81 bits per heavy atom. The molecule has 11 heteroatoms. The van der Waals surface area contributed by atoms with E-state index in [-0.39, 0.29) is 33.8 Å². The van der Waals surface area contributed by atoms with E-state index < -0.39 is 34.2 Å². The van der Waals surface area contributed by atoms with Crippen LogP contribution in [0.1, 0.15) is 43.6 Å². The fourth-order valence-corrected chi connectivity index (χ4v) is 4.81. The van der Waals surface area contributed by atoms with Crippen LogP contribution >= 0.6 is 0 Å². The Morgan fingerprint density at radius 2 is 1.38 bits per heavy atom. The molecule has 0 unspecified atom stereocenters. The van der Waals surface area contributed by atoms with Gasteiger partial charge in [-0.15, -0.1) is 0 Å². The Bertz CT molecular complexity index is 1640. The van der Waals surface area contributed by atoms with Crippen molar-refractivity contribution in [2.45, 2.75) is 5.92 Å². The molecule has 0 bridgehead atoms. The van der Waals surface area contributed by atoms with Gasteiger partial charge in [0.25, 0.3) is 0 Å². The van der Waals surface area contributed by atoms with Gasteiger partial charge in [0, 0.05) is 44.4 Å². The van der Waals surface area contributed by atoms with Gasteiger partial charge in [-0.05, 0) is 18.2 Å². The number of carboxylic acid groups (broad SMARTS) is 2. The van der Waals surface area contributed by atoms with Crippen LogP contribution in [0.25, 0.3) is 21.8 Å². The van der Waals surface area contributed by atoms with E-state index in [0.717, 1.165) is 6.07 Å². The van der Waals surface area contributed by atoms with Crippen molar-refractivity contribution in [3.05, 3.63) is 98.9 Å². The van der Waals surface area contributed by atoms with Gasteiger partial charge in [0.05, 0.1) is 18.1 Å². The second kappa shape index (κ2) is 8.72. The minimum atomic E-state index is -1.33. The number of phenolic OH excluding ortho intramolecular Hbond substituents is 1. The van der Waals surface area contributed by atoms with E-state index in [1.165, 1.54) is 13.2 Å². The molecule has 5 N–H and O–H groups in total. The molecule has 0 aliphatic carbocycles. The van der Waals surface area contributed by atoms with Crippen molar-refractivity contribution in [1.29, 1.82) is 0 Å². The minimum absolute atomic E-state index is 0.0259. The second-order valence-corrected chi connectivity index (χ2v) is 8.30. The van der Waals surface area contributed by atoms with E-state index in [9.17, 15) is 35.0 Å². The second-order valence-electron chi connectivity index (χ2n) is 8.30. The summed E-state index contributed by atoms with van der Waals surface area (Å²) in [6.45, 7) is 0. The molecule has 0 aliphatic rings. The van der Waals surface area contributed by atoms with E-state index >= 15 is 0 Å². The lowest BCUT2D eigenvalue weighted by molar-refractivity contribution is -0.386. The molecule has 0 amide bonds. The Kier molecular flexibility index (Phi) is 5.52. The molecule has 3 aromatic carbocycles. The van der Waals surface area contributed by atoms with Crippen molar-refractivity contribution in [1.82, 2.24) is 9.97 Å². The Hall–Kier alpha value is -5.32. The molecular formula is C26H19N3O8. The van der Waals surface area contributed by atoms with Gasteiger partial charge in [-0.2, -0.15) is 0 Å². The van der Waals surface area contributed by atoms with Gasteiger partial charge in [-0.3, -0.25) is 10.1 Å². The lowest BCUT2D eigenvalue weighted by Crippen LogP contribution is -2.13. The number of phenols is 1. The number of H-pyrrole nitrogens is 2. The first kappa shape index (κ1) is 23.4. The van der Waals surface area contributed by atoms with Gasteiger partial charge in [-0.25, -0.2) is 9.59 Å². The standard InChI is InChI=1S/C26H19N3O8/c1-37-12-10-15(24(30)18(11-12)29(35)36)19(20-13-6-2-4-8-16(13)27-22(20)25(31)32)21-14-7-3-5-9-17(14)28-23(21)26(33)34/h2-11,19,27-28,30H,1H3,(H,31,32)(H,33,34). The Labute approximate surface area is 207 Å². The Balaban J connectivity index is 2.01.